The molecule has 0 spiro atoms. The number of fused-ring (bicyclic) bond motifs is 1. The molecule has 0 aliphatic carbocycles. The van der Waals surface area contributed by atoms with Crippen LogP contribution in [0.1, 0.15) is 31.9 Å². The number of carbonyl (C=O) groups is 1. The van der Waals surface area contributed by atoms with Crippen LogP contribution in [0.15, 0.2) is 16.6 Å². The molecule has 5 heteroatoms. The molecule has 1 aliphatic heterocycles. The molecule has 2 rings (SSSR count). The van der Waals surface area contributed by atoms with Gasteiger partial charge in [-0.15, -0.1) is 0 Å². The lowest BCUT2D eigenvalue weighted by Gasteiger charge is -2.31. The molecule has 1 aromatic carbocycles. The fraction of sp³-hybridized carbons (Fsp3) is 0.500. The molecule has 0 bridgehead atoms. The van der Waals surface area contributed by atoms with Crippen molar-refractivity contribution in [2.75, 3.05) is 6.54 Å². The first kappa shape index (κ1) is 14.3. The molecule has 1 heterocycles. The number of hydrogen-bond acceptors (Lipinski definition) is 2. The highest BCUT2D eigenvalue weighted by molar-refractivity contribution is 9.10. The molecule has 0 aromatic heterocycles. The summed E-state index contributed by atoms with van der Waals surface area (Å²) in [5, 5.41) is 0. The van der Waals surface area contributed by atoms with Crippen molar-refractivity contribution in [2.24, 2.45) is 0 Å². The van der Waals surface area contributed by atoms with E-state index in [0.717, 1.165) is 5.56 Å². The van der Waals surface area contributed by atoms with Gasteiger partial charge in [-0.1, -0.05) is 15.9 Å². The van der Waals surface area contributed by atoms with Crippen molar-refractivity contribution in [3.63, 3.8) is 0 Å². The number of rotatable bonds is 0. The summed E-state index contributed by atoms with van der Waals surface area (Å²) >= 11 is 3.27. The predicted octanol–water partition coefficient (Wildman–Crippen LogP) is 3.88. The van der Waals surface area contributed by atoms with E-state index in [1.54, 1.807) is 4.90 Å². The van der Waals surface area contributed by atoms with Crippen LogP contribution in [0.5, 0.6) is 0 Å². The third kappa shape index (κ3) is 3.47. The highest BCUT2D eigenvalue weighted by atomic mass is 79.9. The first-order chi connectivity index (χ1) is 8.76. The summed E-state index contributed by atoms with van der Waals surface area (Å²) in [6.07, 6.45) is 0.173. The Hall–Kier alpha value is -1.10. The predicted molar refractivity (Wildman–Crippen MR) is 74.4 cm³/mol. The Kier molecular flexibility index (Phi) is 3.85. The van der Waals surface area contributed by atoms with Gasteiger partial charge in [0.1, 0.15) is 11.4 Å². The number of amides is 1. The minimum absolute atomic E-state index is 0.215. The molecule has 0 fully saturated rings. The number of carbonyl (C=O) groups excluding carboxylic acids is 1. The number of benzene rings is 1. The minimum Gasteiger partial charge on any atom is -0.444 e. The van der Waals surface area contributed by atoms with Gasteiger partial charge in [-0.3, -0.25) is 0 Å². The molecule has 0 saturated heterocycles. The molecule has 0 radical (unpaired) electrons. The van der Waals surface area contributed by atoms with E-state index in [1.807, 2.05) is 26.8 Å². The highest BCUT2D eigenvalue weighted by Crippen LogP contribution is 2.26. The number of halogens is 2. The van der Waals surface area contributed by atoms with Crippen LogP contribution in [0.4, 0.5) is 9.18 Å². The van der Waals surface area contributed by atoms with Crippen molar-refractivity contribution in [3.05, 3.63) is 33.5 Å². The summed E-state index contributed by atoms with van der Waals surface area (Å²) in [6, 6.07) is 3.32. The van der Waals surface area contributed by atoms with Crippen LogP contribution in [0.2, 0.25) is 0 Å². The van der Waals surface area contributed by atoms with Gasteiger partial charge >= 0.3 is 6.09 Å². The standard InChI is InChI=1S/C14H17BrFNO2/c1-14(2,3)19-13(18)17-5-4-11-9(8-17)6-10(15)7-12(11)16/h6-7H,4-5,8H2,1-3H3. The van der Waals surface area contributed by atoms with Crippen molar-refractivity contribution >= 4 is 22.0 Å². The monoisotopic (exact) mass is 329 g/mol. The lowest BCUT2D eigenvalue weighted by molar-refractivity contribution is 0.0222. The third-order valence-electron chi connectivity index (χ3n) is 2.90. The average molecular weight is 330 g/mol. The maximum Gasteiger partial charge on any atom is 0.410 e. The lowest BCUT2D eigenvalue weighted by Crippen LogP contribution is -2.40. The van der Waals surface area contributed by atoms with Crippen LogP contribution in [-0.2, 0) is 17.7 Å². The molecule has 104 valence electrons. The van der Waals surface area contributed by atoms with Gasteiger partial charge in [-0.25, -0.2) is 9.18 Å². The maximum atomic E-state index is 13.8. The van der Waals surface area contributed by atoms with Gasteiger partial charge in [0.05, 0.1) is 0 Å². The zero-order valence-electron chi connectivity index (χ0n) is 11.3. The van der Waals surface area contributed by atoms with Gasteiger partial charge in [-0.2, -0.15) is 0 Å². The van der Waals surface area contributed by atoms with Gasteiger partial charge in [0.2, 0.25) is 0 Å². The molecule has 19 heavy (non-hydrogen) atoms. The van der Waals surface area contributed by atoms with Crippen LogP contribution < -0.4 is 0 Å². The Balaban J connectivity index is 2.16. The average Bonchev–Trinajstić information content (AvgIpc) is 2.25. The summed E-state index contributed by atoms with van der Waals surface area (Å²) in [5.41, 5.74) is 1.02. The first-order valence-electron chi connectivity index (χ1n) is 6.21. The van der Waals surface area contributed by atoms with Gasteiger partial charge in [0, 0.05) is 17.6 Å². The quantitative estimate of drug-likeness (QED) is 0.722. The summed E-state index contributed by atoms with van der Waals surface area (Å²) in [4.78, 5) is 13.6. The topological polar surface area (TPSA) is 29.5 Å². The van der Waals surface area contributed by atoms with E-state index >= 15 is 0 Å². The van der Waals surface area contributed by atoms with E-state index in [0.29, 0.717) is 29.5 Å². The molecule has 0 saturated carbocycles. The van der Waals surface area contributed by atoms with Crippen molar-refractivity contribution < 1.29 is 13.9 Å². The summed E-state index contributed by atoms with van der Waals surface area (Å²) in [7, 11) is 0. The van der Waals surface area contributed by atoms with Gasteiger partial charge < -0.3 is 9.64 Å². The lowest BCUT2D eigenvalue weighted by atomic mass is 9.99. The Morgan fingerprint density at radius 1 is 1.42 bits per heavy atom. The molecule has 1 aromatic rings. The zero-order valence-corrected chi connectivity index (χ0v) is 12.9. The normalized spacial score (nSPS) is 15.1. The molecule has 0 N–H and O–H groups in total. The second kappa shape index (κ2) is 5.12. The molecular formula is C14H17BrFNO2. The number of hydrogen-bond donors (Lipinski definition) is 0. The van der Waals surface area contributed by atoms with Gasteiger partial charge in [0.15, 0.2) is 0 Å². The van der Waals surface area contributed by atoms with E-state index in [-0.39, 0.29) is 11.9 Å². The summed E-state index contributed by atoms with van der Waals surface area (Å²) in [6.45, 7) is 6.37. The minimum atomic E-state index is -0.514. The number of ether oxygens (including phenoxy) is 1. The molecule has 3 nitrogen and oxygen atoms in total. The van der Waals surface area contributed by atoms with E-state index < -0.39 is 5.60 Å². The second-order valence-electron chi connectivity index (χ2n) is 5.68. The van der Waals surface area contributed by atoms with Crippen LogP contribution in [-0.4, -0.2) is 23.1 Å². The molecule has 0 unspecified atom stereocenters. The smallest absolute Gasteiger partial charge is 0.410 e. The largest absolute Gasteiger partial charge is 0.444 e. The fourth-order valence-electron chi connectivity index (χ4n) is 2.09. The van der Waals surface area contributed by atoms with Crippen LogP contribution in [0.3, 0.4) is 0 Å². The van der Waals surface area contributed by atoms with Crippen molar-refractivity contribution in [1.29, 1.82) is 0 Å². The maximum absolute atomic E-state index is 13.8. The van der Waals surface area contributed by atoms with Gasteiger partial charge in [-0.05, 0) is 50.5 Å². The highest BCUT2D eigenvalue weighted by Gasteiger charge is 2.27. The van der Waals surface area contributed by atoms with E-state index in [2.05, 4.69) is 15.9 Å². The van der Waals surface area contributed by atoms with E-state index in [1.165, 1.54) is 6.07 Å². The number of nitrogens with zero attached hydrogens (tertiary/aromatic N) is 1. The third-order valence-corrected chi connectivity index (χ3v) is 3.36. The van der Waals surface area contributed by atoms with Crippen LogP contribution in [0, 0.1) is 5.82 Å². The fourth-order valence-corrected chi connectivity index (χ4v) is 2.57. The summed E-state index contributed by atoms with van der Waals surface area (Å²) in [5.74, 6) is -0.215. The SMILES string of the molecule is CC(C)(C)OC(=O)N1CCc2c(F)cc(Br)cc2C1. The van der Waals surface area contributed by atoms with Crippen molar-refractivity contribution in [1.82, 2.24) is 4.90 Å². The van der Waals surface area contributed by atoms with Crippen molar-refractivity contribution in [2.45, 2.75) is 39.3 Å². The molecule has 0 atom stereocenters. The molecular weight excluding hydrogens is 313 g/mol. The zero-order chi connectivity index (χ0) is 14.2. The van der Waals surface area contributed by atoms with E-state index in [4.69, 9.17) is 4.74 Å². The van der Waals surface area contributed by atoms with E-state index in [9.17, 15) is 9.18 Å². The molecule has 1 aliphatic rings. The van der Waals surface area contributed by atoms with Gasteiger partial charge in [0.25, 0.3) is 0 Å². The van der Waals surface area contributed by atoms with Crippen LogP contribution in [0.25, 0.3) is 0 Å². The Bertz CT molecular complexity index is 511. The van der Waals surface area contributed by atoms with Crippen molar-refractivity contribution in [3.8, 4) is 0 Å². The Morgan fingerprint density at radius 2 is 2.11 bits per heavy atom. The molecule has 1 amide bonds. The summed E-state index contributed by atoms with van der Waals surface area (Å²) < 4.78 is 19.8. The Labute approximate surface area is 120 Å². The second-order valence-corrected chi connectivity index (χ2v) is 6.59. The van der Waals surface area contributed by atoms with Crippen LogP contribution >= 0.6 is 15.9 Å². The first-order valence-corrected chi connectivity index (χ1v) is 7.00. The Morgan fingerprint density at radius 3 is 2.74 bits per heavy atom.